The maximum atomic E-state index is 13.5. The minimum atomic E-state index is -0.724. The fourth-order valence-electron chi connectivity index (χ4n) is 2.00. The highest BCUT2D eigenvalue weighted by Crippen LogP contribution is 2.13. The van der Waals surface area contributed by atoms with Gasteiger partial charge in [-0.1, -0.05) is 24.3 Å². The number of carbonyl (C=O) groups is 2. The maximum absolute atomic E-state index is 13.5. The Labute approximate surface area is 147 Å². The largest absolute Gasteiger partial charge is 0.343 e. The summed E-state index contributed by atoms with van der Waals surface area (Å²) in [5.74, 6) is -2.04. The Balaban J connectivity index is 1.92. The molecule has 0 atom stereocenters. The summed E-state index contributed by atoms with van der Waals surface area (Å²) in [5, 5.41) is 16.9. The van der Waals surface area contributed by atoms with Gasteiger partial charge in [-0.05, 0) is 19.1 Å². The molecule has 0 aliphatic carbocycles. The van der Waals surface area contributed by atoms with Crippen molar-refractivity contribution >= 4 is 23.2 Å². The van der Waals surface area contributed by atoms with Gasteiger partial charge in [-0.25, -0.2) is 9.82 Å². The van der Waals surface area contributed by atoms with Crippen LogP contribution < -0.4 is 10.7 Å². The smallest absolute Gasteiger partial charge is 0.270 e. The summed E-state index contributed by atoms with van der Waals surface area (Å²) in [6.45, 7) is 1.16. The Morgan fingerprint density at radius 3 is 2.62 bits per heavy atom. The van der Waals surface area contributed by atoms with E-state index in [0.29, 0.717) is 11.3 Å². The lowest BCUT2D eigenvalue weighted by atomic mass is 10.1. The van der Waals surface area contributed by atoms with Crippen LogP contribution in [-0.2, 0) is 4.79 Å². The quantitative estimate of drug-likeness (QED) is 0.467. The number of nitrogens with one attached hydrogen (secondary N) is 2. The molecule has 0 spiro atoms. The summed E-state index contributed by atoms with van der Waals surface area (Å²) in [4.78, 5) is 33.8. The number of nitro benzene ring substituents is 1. The molecule has 0 saturated heterocycles. The summed E-state index contributed by atoms with van der Waals surface area (Å²) >= 11 is 0. The molecule has 26 heavy (non-hydrogen) atoms. The van der Waals surface area contributed by atoms with Crippen LogP contribution in [0, 0.1) is 15.9 Å². The third-order valence-corrected chi connectivity index (χ3v) is 3.35. The minimum absolute atomic E-state index is 0.0967. The summed E-state index contributed by atoms with van der Waals surface area (Å²) in [6.07, 6.45) is 0. The minimum Gasteiger partial charge on any atom is -0.343 e. The van der Waals surface area contributed by atoms with Gasteiger partial charge in [-0.2, -0.15) is 5.10 Å². The van der Waals surface area contributed by atoms with Crippen molar-refractivity contribution in [3.05, 3.63) is 75.6 Å². The van der Waals surface area contributed by atoms with Gasteiger partial charge in [0, 0.05) is 17.7 Å². The molecule has 0 aromatic heterocycles. The van der Waals surface area contributed by atoms with E-state index < -0.39 is 29.1 Å². The predicted molar refractivity (Wildman–Crippen MR) is 92.2 cm³/mol. The number of non-ortho nitro benzene ring substituents is 1. The molecule has 0 bridgehead atoms. The van der Waals surface area contributed by atoms with Gasteiger partial charge < -0.3 is 5.32 Å². The van der Waals surface area contributed by atoms with Gasteiger partial charge in [0.25, 0.3) is 17.5 Å². The van der Waals surface area contributed by atoms with E-state index in [1.807, 2.05) is 0 Å². The standard InChI is InChI=1S/C17H15FN4O4/c1-11(12-5-4-6-13(9-12)22(25)26)20-21-16(23)10-19-17(24)14-7-2-3-8-15(14)18/h2-9H,10H2,1H3,(H,19,24)(H,21,23)/b20-11-. The van der Waals surface area contributed by atoms with Gasteiger partial charge in [-0.3, -0.25) is 19.7 Å². The second kappa shape index (κ2) is 8.47. The number of nitro groups is 1. The number of halogens is 1. The summed E-state index contributed by atoms with van der Waals surface area (Å²) in [5.41, 5.74) is 2.77. The second-order valence-corrected chi connectivity index (χ2v) is 5.20. The second-order valence-electron chi connectivity index (χ2n) is 5.20. The van der Waals surface area contributed by atoms with Gasteiger partial charge in [0.15, 0.2) is 0 Å². The first-order chi connectivity index (χ1) is 12.4. The number of benzene rings is 2. The first-order valence-electron chi connectivity index (χ1n) is 7.49. The third kappa shape index (κ3) is 4.94. The summed E-state index contributed by atoms with van der Waals surface area (Å²) in [6, 6.07) is 11.2. The van der Waals surface area contributed by atoms with Crippen molar-refractivity contribution in [2.45, 2.75) is 6.92 Å². The molecule has 2 N–H and O–H groups in total. The lowest BCUT2D eigenvalue weighted by Gasteiger charge is -2.06. The molecular weight excluding hydrogens is 343 g/mol. The predicted octanol–water partition coefficient (Wildman–Crippen LogP) is 2.00. The highest BCUT2D eigenvalue weighted by Gasteiger charge is 2.12. The van der Waals surface area contributed by atoms with Gasteiger partial charge in [0.2, 0.25) is 0 Å². The Bertz CT molecular complexity index is 883. The molecule has 2 amide bonds. The van der Waals surface area contributed by atoms with Crippen LogP contribution in [0.25, 0.3) is 0 Å². The number of nitrogens with zero attached hydrogens (tertiary/aromatic N) is 2. The normalized spacial score (nSPS) is 10.9. The SMILES string of the molecule is C/C(=N/NC(=O)CNC(=O)c1ccccc1F)c1cccc([N+](=O)[O-])c1. The summed E-state index contributed by atoms with van der Waals surface area (Å²) in [7, 11) is 0. The Kier molecular flexibility index (Phi) is 6.10. The van der Waals surface area contributed by atoms with Crippen molar-refractivity contribution in [2.24, 2.45) is 5.10 Å². The van der Waals surface area contributed by atoms with Crippen molar-refractivity contribution in [1.29, 1.82) is 0 Å². The highest BCUT2D eigenvalue weighted by atomic mass is 19.1. The van der Waals surface area contributed by atoms with Crippen LogP contribution in [0.4, 0.5) is 10.1 Å². The number of hydrogen-bond donors (Lipinski definition) is 2. The zero-order valence-corrected chi connectivity index (χ0v) is 13.7. The van der Waals surface area contributed by atoms with Crippen molar-refractivity contribution in [2.75, 3.05) is 6.54 Å². The molecule has 2 rings (SSSR count). The number of hydrazone groups is 1. The number of hydrogen-bond acceptors (Lipinski definition) is 5. The van der Waals surface area contributed by atoms with Gasteiger partial charge in [0.1, 0.15) is 5.82 Å². The number of rotatable bonds is 6. The van der Waals surface area contributed by atoms with E-state index in [9.17, 15) is 24.1 Å². The molecule has 0 heterocycles. The van der Waals surface area contributed by atoms with E-state index in [1.165, 1.54) is 36.4 Å². The lowest BCUT2D eigenvalue weighted by Crippen LogP contribution is -2.35. The molecule has 2 aromatic carbocycles. The zero-order chi connectivity index (χ0) is 19.1. The van der Waals surface area contributed by atoms with Crippen molar-refractivity contribution in [3.63, 3.8) is 0 Å². The Morgan fingerprint density at radius 1 is 1.19 bits per heavy atom. The first-order valence-corrected chi connectivity index (χ1v) is 7.49. The molecule has 134 valence electrons. The van der Waals surface area contributed by atoms with Crippen LogP contribution >= 0.6 is 0 Å². The van der Waals surface area contributed by atoms with Gasteiger partial charge in [0.05, 0.1) is 22.7 Å². The Hall–Kier alpha value is -3.62. The molecule has 0 aliphatic heterocycles. The highest BCUT2D eigenvalue weighted by molar-refractivity contribution is 6.00. The van der Waals surface area contributed by atoms with Crippen LogP contribution in [0.2, 0.25) is 0 Å². The molecule has 0 radical (unpaired) electrons. The maximum Gasteiger partial charge on any atom is 0.270 e. The number of amides is 2. The molecule has 8 nitrogen and oxygen atoms in total. The van der Waals surface area contributed by atoms with Crippen molar-refractivity contribution in [1.82, 2.24) is 10.7 Å². The van der Waals surface area contributed by atoms with Gasteiger partial charge >= 0.3 is 0 Å². The molecule has 0 saturated carbocycles. The number of carbonyl (C=O) groups excluding carboxylic acids is 2. The van der Waals surface area contributed by atoms with E-state index in [-0.39, 0.29) is 11.3 Å². The van der Waals surface area contributed by atoms with Crippen molar-refractivity contribution in [3.8, 4) is 0 Å². The summed E-state index contributed by atoms with van der Waals surface area (Å²) < 4.78 is 13.5. The monoisotopic (exact) mass is 358 g/mol. The average molecular weight is 358 g/mol. The van der Waals surface area contributed by atoms with E-state index in [4.69, 9.17) is 0 Å². The molecular formula is C17H15FN4O4. The average Bonchev–Trinajstić information content (AvgIpc) is 2.64. The fourth-order valence-corrected chi connectivity index (χ4v) is 2.00. The van der Waals surface area contributed by atoms with E-state index in [1.54, 1.807) is 13.0 Å². The molecule has 0 unspecified atom stereocenters. The lowest BCUT2D eigenvalue weighted by molar-refractivity contribution is -0.384. The van der Waals surface area contributed by atoms with Crippen LogP contribution in [0.15, 0.2) is 53.6 Å². The topological polar surface area (TPSA) is 114 Å². The van der Waals surface area contributed by atoms with Crippen LogP contribution in [0.3, 0.4) is 0 Å². The zero-order valence-electron chi connectivity index (χ0n) is 13.7. The fraction of sp³-hybridized carbons (Fsp3) is 0.118. The van der Waals surface area contributed by atoms with E-state index in [2.05, 4.69) is 15.8 Å². The van der Waals surface area contributed by atoms with Crippen LogP contribution in [-0.4, -0.2) is 29.0 Å². The van der Waals surface area contributed by atoms with Crippen molar-refractivity contribution < 1.29 is 18.9 Å². The third-order valence-electron chi connectivity index (χ3n) is 3.35. The molecule has 2 aromatic rings. The molecule has 0 aliphatic rings. The molecule has 9 heteroatoms. The first kappa shape index (κ1) is 18.7. The van der Waals surface area contributed by atoms with Gasteiger partial charge in [-0.15, -0.1) is 0 Å². The molecule has 0 fully saturated rings. The Morgan fingerprint density at radius 2 is 1.92 bits per heavy atom. The van der Waals surface area contributed by atoms with E-state index >= 15 is 0 Å². The van der Waals surface area contributed by atoms with E-state index in [0.717, 1.165) is 6.07 Å². The van der Waals surface area contributed by atoms with Crippen LogP contribution in [0.1, 0.15) is 22.8 Å². The van der Waals surface area contributed by atoms with Crippen LogP contribution in [0.5, 0.6) is 0 Å².